The van der Waals surface area contributed by atoms with Crippen LogP contribution in [0.2, 0.25) is 0 Å². The molecule has 0 radical (unpaired) electrons. The smallest absolute Gasteiger partial charge is 0.343 e. The van der Waals surface area contributed by atoms with Gasteiger partial charge in [-0.2, -0.15) is 15.2 Å². The quantitative estimate of drug-likeness (QED) is 0.641. The number of fused-ring (bicyclic) bond motifs is 1. The van der Waals surface area contributed by atoms with E-state index in [9.17, 15) is 10.1 Å². The van der Waals surface area contributed by atoms with Gasteiger partial charge in [0.2, 0.25) is 17.6 Å². The second-order valence-corrected chi connectivity index (χ2v) is 5.52. The molecule has 1 atom stereocenters. The van der Waals surface area contributed by atoms with E-state index in [-0.39, 0.29) is 28.8 Å². The molecule has 0 aromatic carbocycles. The van der Waals surface area contributed by atoms with Gasteiger partial charge in [0.25, 0.3) is 5.60 Å². The normalized spacial score (nSPS) is 17.7. The number of cyclic esters (lactones) is 1. The minimum atomic E-state index is -1.93. The van der Waals surface area contributed by atoms with Crippen LogP contribution in [0.4, 0.5) is 0 Å². The first-order valence-electron chi connectivity index (χ1n) is 7.78. The lowest BCUT2D eigenvalue weighted by molar-refractivity contribution is 0.0261. The van der Waals surface area contributed by atoms with Crippen LogP contribution in [0.5, 0.6) is 11.8 Å². The van der Waals surface area contributed by atoms with Gasteiger partial charge in [0.1, 0.15) is 17.5 Å². The number of hydrogen-bond donors (Lipinski definition) is 0. The van der Waals surface area contributed by atoms with Crippen LogP contribution in [-0.2, 0) is 10.3 Å². The summed E-state index contributed by atoms with van der Waals surface area (Å²) in [6, 6.07) is 8.42. The van der Waals surface area contributed by atoms with E-state index in [2.05, 4.69) is 15.0 Å². The molecule has 0 spiro atoms. The number of rotatable bonds is 4. The van der Waals surface area contributed by atoms with E-state index in [1.165, 1.54) is 32.7 Å². The van der Waals surface area contributed by atoms with E-state index in [1.807, 2.05) is 6.07 Å². The second-order valence-electron chi connectivity index (χ2n) is 5.52. The average molecular weight is 364 g/mol. The summed E-state index contributed by atoms with van der Waals surface area (Å²) in [6.45, 7) is 0. The fraction of sp³-hybridized carbons (Fsp3) is 0.167. The van der Waals surface area contributed by atoms with Crippen molar-refractivity contribution in [3.05, 3.63) is 53.8 Å². The van der Waals surface area contributed by atoms with Crippen molar-refractivity contribution in [2.75, 3.05) is 14.2 Å². The highest BCUT2D eigenvalue weighted by atomic mass is 16.6. The molecular weight excluding hydrogens is 352 g/mol. The van der Waals surface area contributed by atoms with Gasteiger partial charge in [-0.15, -0.1) is 0 Å². The summed E-state index contributed by atoms with van der Waals surface area (Å²) in [7, 11) is 2.82. The van der Waals surface area contributed by atoms with Gasteiger partial charge in [-0.1, -0.05) is 0 Å². The Balaban J connectivity index is 1.98. The molecule has 4 rings (SSSR count). The van der Waals surface area contributed by atoms with Crippen LogP contribution in [0.25, 0.3) is 11.3 Å². The van der Waals surface area contributed by atoms with E-state index in [0.29, 0.717) is 11.3 Å². The summed E-state index contributed by atoms with van der Waals surface area (Å²) in [6.07, 6.45) is 2.94. The third kappa shape index (κ3) is 2.38. The Bertz CT molecular complexity index is 1050. The van der Waals surface area contributed by atoms with E-state index in [1.54, 1.807) is 18.2 Å². The summed E-state index contributed by atoms with van der Waals surface area (Å²) >= 11 is 0. The lowest BCUT2D eigenvalue weighted by atomic mass is 9.95. The molecule has 134 valence electrons. The fourth-order valence-electron chi connectivity index (χ4n) is 2.86. The largest absolute Gasteiger partial charge is 0.481 e. The van der Waals surface area contributed by atoms with E-state index in [0.717, 1.165) is 0 Å². The van der Waals surface area contributed by atoms with E-state index in [4.69, 9.17) is 18.6 Å². The van der Waals surface area contributed by atoms with Crippen LogP contribution >= 0.6 is 0 Å². The molecule has 0 amide bonds. The van der Waals surface area contributed by atoms with Crippen LogP contribution in [0.1, 0.15) is 21.9 Å². The highest BCUT2D eigenvalue weighted by molar-refractivity contribution is 6.01. The molecule has 0 N–H and O–H groups in total. The Morgan fingerprint density at radius 3 is 2.52 bits per heavy atom. The molecule has 27 heavy (non-hydrogen) atoms. The predicted molar refractivity (Wildman–Crippen MR) is 88.9 cm³/mol. The van der Waals surface area contributed by atoms with Crippen molar-refractivity contribution in [1.82, 2.24) is 15.0 Å². The van der Waals surface area contributed by atoms with Gasteiger partial charge in [-0.25, -0.2) is 4.79 Å². The van der Waals surface area contributed by atoms with Gasteiger partial charge in [-0.05, 0) is 18.2 Å². The molecule has 1 aliphatic heterocycles. The van der Waals surface area contributed by atoms with Gasteiger partial charge in [0.15, 0.2) is 0 Å². The van der Waals surface area contributed by atoms with Crippen molar-refractivity contribution in [3.8, 4) is 29.2 Å². The Labute approximate surface area is 153 Å². The number of pyridine rings is 1. The van der Waals surface area contributed by atoms with Crippen molar-refractivity contribution < 1.29 is 23.4 Å². The zero-order valence-electron chi connectivity index (χ0n) is 14.3. The first-order chi connectivity index (χ1) is 13.1. The number of hydrogen-bond acceptors (Lipinski definition) is 9. The number of nitriles is 1. The maximum Gasteiger partial charge on any atom is 0.343 e. The molecule has 0 saturated heterocycles. The third-order valence-corrected chi connectivity index (χ3v) is 4.09. The first-order valence-corrected chi connectivity index (χ1v) is 7.78. The molecule has 0 saturated carbocycles. The minimum Gasteiger partial charge on any atom is -0.481 e. The van der Waals surface area contributed by atoms with Crippen molar-refractivity contribution in [2.45, 2.75) is 5.60 Å². The third-order valence-electron chi connectivity index (χ3n) is 4.09. The fourth-order valence-corrected chi connectivity index (χ4v) is 2.86. The lowest BCUT2D eigenvalue weighted by Gasteiger charge is -2.19. The monoisotopic (exact) mass is 364 g/mol. The topological polar surface area (TPSA) is 120 Å². The number of nitrogens with zero attached hydrogens (tertiary/aromatic N) is 4. The number of methoxy groups -OCH3 is 2. The molecule has 1 unspecified atom stereocenters. The minimum absolute atomic E-state index is 0.0826. The van der Waals surface area contributed by atoms with Crippen molar-refractivity contribution in [1.29, 1.82) is 5.26 Å². The standard InChI is InChI=1S/C18H12N4O5/c1-24-12-8-13(25-2)22-17(21-12)18(9-19)15-14(16(23)27-18)10(5-6-20-15)11-4-3-7-26-11/h3-8H,1-2H3. The number of ether oxygens (including phenoxy) is 3. The highest BCUT2D eigenvalue weighted by Gasteiger charge is 2.53. The highest BCUT2D eigenvalue weighted by Crippen LogP contribution is 2.43. The summed E-state index contributed by atoms with van der Waals surface area (Å²) in [5, 5.41) is 9.93. The lowest BCUT2D eigenvalue weighted by Crippen LogP contribution is -2.29. The van der Waals surface area contributed by atoms with E-state index < -0.39 is 11.6 Å². The van der Waals surface area contributed by atoms with Crippen LogP contribution in [-0.4, -0.2) is 35.1 Å². The van der Waals surface area contributed by atoms with Crippen molar-refractivity contribution in [3.63, 3.8) is 0 Å². The zero-order chi connectivity index (χ0) is 19.0. The molecule has 0 aliphatic carbocycles. The van der Waals surface area contributed by atoms with Crippen molar-refractivity contribution in [2.24, 2.45) is 0 Å². The zero-order valence-corrected chi connectivity index (χ0v) is 14.3. The van der Waals surface area contributed by atoms with Crippen LogP contribution in [0.3, 0.4) is 0 Å². The number of aromatic nitrogens is 3. The first kappa shape index (κ1) is 16.5. The summed E-state index contributed by atoms with van der Waals surface area (Å²) in [5.41, 5.74) is -1.27. The predicted octanol–water partition coefficient (Wildman–Crippen LogP) is 2.09. The number of furan rings is 1. The van der Waals surface area contributed by atoms with Gasteiger partial charge >= 0.3 is 5.97 Å². The summed E-state index contributed by atoms with van der Waals surface area (Å²) < 4.78 is 21.1. The van der Waals surface area contributed by atoms with Gasteiger partial charge in [-0.3, -0.25) is 4.98 Å². The molecule has 9 nitrogen and oxygen atoms in total. The second kappa shape index (κ2) is 6.10. The SMILES string of the molecule is COc1cc(OC)nc(C2(C#N)OC(=O)c3c(-c4ccco4)ccnc32)n1. The van der Waals surface area contributed by atoms with Gasteiger partial charge < -0.3 is 18.6 Å². The number of carbonyl (C=O) groups is 1. The Morgan fingerprint density at radius 1 is 1.19 bits per heavy atom. The Hall–Kier alpha value is -3.93. The number of carbonyl (C=O) groups excluding carboxylic acids is 1. The Morgan fingerprint density at radius 2 is 1.93 bits per heavy atom. The van der Waals surface area contributed by atoms with Gasteiger partial charge in [0, 0.05) is 11.8 Å². The van der Waals surface area contributed by atoms with Crippen molar-refractivity contribution >= 4 is 5.97 Å². The van der Waals surface area contributed by atoms with Crippen LogP contribution in [0, 0.1) is 11.3 Å². The summed E-state index contributed by atoms with van der Waals surface area (Å²) in [4.78, 5) is 25.2. The molecule has 3 aromatic rings. The summed E-state index contributed by atoms with van der Waals surface area (Å²) in [5.74, 6) is -0.0892. The average Bonchev–Trinajstić information content (AvgIpc) is 3.34. The molecule has 0 fully saturated rings. The van der Waals surface area contributed by atoms with Crippen LogP contribution in [0.15, 0.2) is 41.1 Å². The maximum atomic E-state index is 12.7. The molecule has 1 aliphatic rings. The molecular formula is C18H12N4O5. The number of esters is 1. The van der Waals surface area contributed by atoms with Crippen LogP contribution < -0.4 is 9.47 Å². The van der Waals surface area contributed by atoms with E-state index >= 15 is 0 Å². The van der Waals surface area contributed by atoms with Gasteiger partial charge in [0.05, 0.1) is 32.1 Å². The molecule has 4 heterocycles. The molecule has 0 bridgehead atoms. The molecule has 9 heteroatoms. The maximum absolute atomic E-state index is 12.7. The Kier molecular flexibility index (Phi) is 3.74. The molecule has 3 aromatic heterocycles.